The fourth-order valence-electron chi connectivity index (χ4n) is 2.81. The van der Waals surface area contributed by atoms with Crippen molar-refractivity contribution in [3.8, 4) is 0 Å². The molecule has 4 atom stereocenters. The molecule has 1 aromatic heterocycles. The van der Waals surface area contributed by atoms with E-state index in [0.29, 0.717) is 12.0 Å². The zero-order chi connectivity index (χ0) is 17.2. The van der Waals surface area contributed by atoms with Crippen LogP contribution in [0.4, 0.5) is 0 Å². The second-order valence-electron chi connectivity index (χ2n) is 5.35. The van der Waals surface area contributed by atoms with Gasteiger partial charge in [-0.2, -0.15) is 0 Å². The van der Waals surface area contributed by atoms with Gasteiger partial charge < -0.3 is 9.47 Å². The van der Waals surface area contributed by atoms with E-state index in [1.165, 1.54) is 13.1 Å². The van der Waals surface area contributed by atoms with Crippen molar-refractivity contribution < 1.29 is 14.3 Å². The predicted molar refractivity (Wildman–Crippen MR) is 78.5 cm³/mol. The van der Waals surface area contributed by atoms with E-state index < -0.39 is 35.2 Å². The van der Waals surface area contributed by atoms with E-state index in [0.717, 1.165) is 4.57 Å². The summed E-state index contributed by atoms with van der Waals surface area (Å²) >= 11 is 0. The molecule has 0 bridgehead atoms. The third-order valence-corrected chi connectivity index (χ3v) is 4.16. The maximum Gasteiger partial charge on any atom is 0.330 e. The van der Waals surface area contributed by atoms with Crippen LogP contribution in [0.2, 0.25) is 0 Å². The molecular weight excluding hydrogens is 306 g/mol. The second-order valence-corrected chi connectivity index (χ2v) is 5.35. The molecule has 2 heterocycles. The fraction of sp³-hybridized carbons (Fsp3) is 0.615. The Kier molecular flexibility index (Phi) is 4.57. The van der Waals surface area contributed by atoms with Gasteiger partial charge in [0, 0.05) is 29.0 Å². The van der Waals surface area contributed by atoms with Gasteiger partial charge in [0.1, 0.15) is 0 Å². The van der Waals surface area contributed by atoms with Crippen LogP contribution in [-0.2, 0) is 14.3 Å². The average Bonchev–Trinajstić information content (AvgIpc) is 2.78. The van der Waals surface area contributed by atoms with Gasteiger partial charge in [-0.25, -0.2) is 4.79 Å². The van der Waals surface area contributed by atoms with Crippen LogP contribution in [0.5, 0.6) is 0 Å². The molecule has 0 aromatic carbocycles. The number of nitrogens with zero attached hydrogens (tertiary/aromatic N) is 4. The molecule has 1 saturated heterocycles. The summed E-state index contributed by atoms with van der Waals surface area (Å²) < 4.78 is 12.0. The summed E-state index contributed by atoms with van der Waals surface area (Å²) in [5.74, 6) is -1.80. The molecule has 0 aliphatic carbocycles. The zero-order valence-electron chi connectivity index (χ0n) is 12.9. The van der Waals surface area contributed by atoms with Crippen LogP contribution in [0.25, 0.3) is 10.4 Å². The van der Waals surface area contributed by atoms with Gasteiger partial charge in [0.15, 0.2) is 6.23 Å². The van der Waals surface area contributed by atoms with Crippen molar-refractivity contribution in [3.05, 3.63) is 43.0 Å². The van der Waals surface area contributed by atoms with Gasteiger partial charge >= 0.3 is 5.69 Å². The monoisotopic (exact) mass is 323 g/mol. The van der Waals surface area contributed by atoms with Gasteiger partial charge in [0.2, 0.25) is 5.79 Å². The molecule has 10 heteroatoms. The number of carbonyl (C=O) groups is 1. The molecule has 124 valence electrons. The number of azide groups is 1. The molecule has 0 amide bonds. The van der Waals surface area contributed by atoms with Gasteiger partial charge in [-0.3, -0.25) is 19.1 Å². The van der Waals surface area contributed by atoms with E-state index in [1.807, 2.05) is 0 Å². The minimum atomic E-state index is -1.31. The van der Waals surface area contributed by atoms with E-state index >= 15 is 0 Å². The maximum absolute atomic E-state index is 12.1. The summed E-state index contributed by atoms with van der Waals surface area (Å²) in [5, 5.41) is 3.69. The topological polar surface area (TPSA) is 139 Å². The largest absolute Gasteiger partial charge is 0.435 e. The summed E-state index contributed by atoms with van der Waals surface area (Å²) in [6, 6.07) is -0.789. The highest BCUT2D eigenvalue weighted by Crippen LogP contribution is 2.45. The Bertz CT molecular complexity index is 765. The highest BCUT2D eigenvalue weighted by atomic mass is 16.7. The molecule has 0 spiro atoms. The first-order valence-electron chi connectivity index (χ1n) is 7.05. The molecule has 1 fully saturated rings. The molecule has 1 aliphatic rings. The molecule has 1 N–H and O–H groups in total. The summed E-state index contributed by atoms with van der Waals surface area (Å²) in [4.78, 5) is 39.4. The first-order chi connectivity index (χ1) is 10.9. The predicted octanol–water partition coefficient (Wildman–Crippen LogP) is 0.968. The van der Waals surface area contributed by atoms with E-state index in [9.17, 15) is 14.4 Å². The van der Waals surface area contributed by atoms with Crippen LogP contribution in [0, 0.1) is 12.8 Å². The number of nitrogens with one attached hydrogen (secondary N) is 1. The summed E-state index contributed by atoms with van der Waals surface area (Å²) in [7, 11) is 0. The van der Waals surface area contributed by atoms with Crippen molar-refractivity contribution in [2.24, 2.45) is 11.0 Å². The quantitative estimate of drug-likeness (QED) is 0.372. The van der Waals surface area contributed by atoms with Gasteiger partial charge in [0.25, 0.3) is 12.0 Å². The van der Waals surface area contributed by atoms with Gasteiger partial charge in [-0.05, 0) is 12.5 Å². The number of carbonyl (C=O) groups excluding carboxylic acids is 1. The Morgan fingerprint density at radius 3 is 2.87 bits per heavy atom. The Hall–Kier alpha value is -2.58. The fourth-order valence-corrected chi connectivity index (χ4v) is 2.81. The Balaban J connectivity index is 2.58. The van der Waals surface area contributed by atoms with Crippen molar-refractivity contribution >= 4 is 6.47 Å². The van der Waals surface area contributed by atoms with Crippen molar-refractivity contribution in [1.29, 1.82) is 0 Å². The van der Waals surface area contributed by atoms with Crippen LogP contribution in [0.3, 0.4) is 0 Å². The number of aromatic nitrogens is 2. The number of aromatic amines is 1. The molecule has 1 unspecified atom stereocenters. The van der Waals surface area contributed by atoms with Crippen molar-refractivity contribution in [2.75, 3.05) is 0 Å². The second kappa shape index (κ2) is 6.27. The SMILES string of the molecule is CC[C@@]1(OC=O)O[C@@H](n2cc(C)c(=O)[nH]c2=O)[C@@H](N=[N+]=[N-])C1C. The highest BCUT2D eigenvalue weighted by molar-refractivity contribution is 5.38. The van der Waals surface area contributed by atoms with Crippen molar-refractivity contribution in [1.82, 2.24) is 9.55 Å². The lowest BCUT2D eigenvalue weighted by atomic mass is 9.93. The molecule has 0 radical (unpaired) electrons. The lowest BCUT2D eigenvalue weighted by Crippen LogP contribution is -2.38. The normalized spacial score (nSPS) is 29.8. The highest BCUT2D eigenvalue weighted by Gasteiger charge is 2.54. The maximum atomic E-state index is 12.1. The minimum absolute atomic E-state index is 0.260. The number of hydrogen-bond donors (Lipinski definition) is 1. The van der Waals surface area contributed by atoms with E-state index in [1.54, 1.807) is 13.8 Å². The lowest BCUT2D eigenvalue weighted by Gasteiger charge is -2.29. The molecule has 10 nitrogen and oxygen atoms in total. The average molecular weight is 323 g/mol. The molecule has 1 aliphatic heterocycles. The number of hydrogen-bond acceptors (Lipinski definition) is 6. The zero-order valence-corrected chi connectivity index (χ0v) is 12.9. The third kappa shape index (κ3) is 2.73. The van der Waals surface area contributed by atoms with E-state index in [-0.39, 0.29) is 6.47 Å². The van der Waals surface area contributed by atoms with Crippen LogP contribution < -0.4 is 11.2 Å². The lowest BCUT2D eigenvalue weighted by molar-refractivity contribution is -0.237. The Morgan fingerprint density at radius 2 is 2.30 bits per heavy atom. The first-order valence-corrected chi connectivity index (χ1v) is 7.05. The van der Waals surface area contributed by atoms with Gasteiger partial charge in [-0.1, -0.05) is 19.0 Å². The first kappa shape index (κ1) is 16.8. The minimum Gasteiger partial charge on any atom is -0.435 e. The van der Waals surface area contributed by atoms with Gasteiger partial charge in [0.05, 0.1) is 6.04 Å². The number of ether oxygens (including phenoxy) is 2. The van der Waals surface area contributed by atoms with Crippen LogP contribution in [0.1, 0.15) is 32.1 Å². The third-order valence-electron chi connectivity index (χ3n) is 4.16. The molecule has 0 saturated carbocycles. The van der Waals surface area contributed by atoms with Crippen LogP contribution >= 0.6 is 0 Å². The van der Waals surface area contributed by atoms with Crippen LogP contribution in [-0.4, -0.2) is 27.9 Å². The summed E-state index contributed by atoms with van der Waals surface area (Å²) in [5.41, 5.74) is 7.88. The summed E-state index contributed by atoms with van der Waals surface area (Å²) in [6.45, 7) is 5.24. The van der Waals surface area contributed by atoms with Gasteiger partial charge in [-0.15, -0.1) is 0 Å². The van der Waals surface area contributed by atoms with Crippen molar-refractivity contribution in [3.63, 3.8) is 0 Å². The molecule has 1 aromatic rings. The Labute approximate surface area is 130 Å². The van der Waals surface area contributed by atoms with Crippen LogP contribution in [0.15, 0.2) is 20.9 Å². The molecule has 2 rings (SSSR count). The number of rotatable bonds is 5. The van der Waals surface area contributed by atoms with Crippen molar-refractivity contribution in [2.45, 2.75) is 45.2 Å². The Morgan fingerprint density at radius 1 is 1.61 bits per heavy atom. The molecular formula is C13H17N5O5. The standard InChI is InChI=1S/C13H17N5O5/c1-4-13(22-6-19)8(3)9(16-17-14)11(23-13)18-5-7(2)10(20)15-12(18)21/h5-6,8-9,11H,4H2,1-3H3,(H,15,20,21)/t8?,9-,11+,13+/m0/s1. The molecule has 23 heavy (non-hydrogen) atoms. The summed E-state index contributed by atoms with van der Waals surface area (Å²) in [6.07, 6.45) is 0.632. The number of aryl methyl sites for hydroxylation is 1. The van der Waals surface area contributed by atoms with E-state index in [4.69, 9.17) is 15.0 Å². The number of H-pyrrole nitrogens is 1. The smallest absolute Gasteiger partial charge is 0.330 e. The van der Waals surface area contributed by atoms with E-state index in [2.05, 4.69) is 15.0 Å².